The summed E-state index contributed by atoms with van der Waals surface area (Å²) in [5.74, 6) is 1.73. The number of hydrogen-bond acceptors (Lipinski definition) is 6. The van der Waals surface area contributed by atoms with Gasteiger partial charge < -0.3 is 18.9 Å². The minimum absolute atomic E-state index is 0.0529. The molecular weight excluding hydrogens is 576 g/mol. The van der Waals surface area contributed by atoms with Crippen LogP contribution in [-0.2, 0) is 15.1 Å². The van der Waals surface area contributed by atoms with Crippen molar-refractivity contribution < 1.29 is 28.5 Å². The molecule has 46 heavy (non-hydrogen) atoms. The van der Waals surface area contributed by atoms with Crippen LogP contribution in [0.1, 0.15) is 115 Å². The lowest BCUT2D eigenvalue weighted by atomic mass is 9.75. The van der Waals surface area contributed by atoms with Gasteiger partial charge in [0.2, 0.25) is 0 Å². The minimum atomic E-state index is -1.25. The Morgan fingerprint density at radius 3 is 1.76 bits per heavy atom. The van der Waals surface area contributed by atoms with Gasteiger partial charge in [0.25, 0.3) is 0 Å². The molecule has 3 aromatic rings. The lowest BCUT2D eigenvalue weighted by Crippen LogP contribution is -2.34. The Bertz CT molecular complexity index is 1640. The van der Waals surface area contributed by atoms with E-state index < -0.39 is 17.0 Å². The van der Waals surface area contributed by atoms with Gasteiger partial charge >= 0.3 is 11.9 Å². The SMILES string of the molecule is C=C(Oc1ccc2c(c1)Oc1cc(OC(=O)C(C)(C)CC(C)(C)C)ccc1C21OC(=O)c2cc(C)ccc21)C(C)(C)CC(C)(C)C. The average Bonchev–Trinajstić information content (AvgIpc) is 3.17. The van der Waals surface area contributed by atoms with Crippen molar-refractivity contribution in [2.45, 2.75) is 94.6 Å². The molecule has 0 bridgehead atoms. The Kier molecular flexibility index (Phi) is 7.99. The zero-order valence-corrected chi connectivity index (χ0v) is 29.3. The molecule has 244 valence electrons. The van der Waals surface area contributed by atoms with Crippen LogP contribution >= 0.6 is 0 Å². The van der Waals surface area contributed by atoms with E-state index in [9.17, 15) is 9.59 Å². The number of fused-ring (bicyclic) bond motifs is 6. The second-order valence-electron chi connectivity index (χ2n) is 16.7. The number of rotatable bonds is 7. The molecule has 6 nitrogen and oxygen atoms in total. The highest BCUT2D eigenvalue weighted by molar-refractivity contribution is 5.97. The van der Waals surface area contributed by atoms with Crippen LogP contribution in [0.5, 0.6) is 23.0 Å². The molecule has 0 saturated heterocycles. The van der Waals surface area contributed by atoms with Gasteiger partial charge in [-0.1, -0.05) is 79.7 Å². The lowest BCUT2D eigenvalue weighted by Gasteiger charge is -2.37. The summed E-state index contributed by atoms with van der Waals surface area (Å²) in [5, 5.41) is 0. The highest BCUT2D eigenvalue weighted by atomic mass is 16.6. The van der Waals surface area contributed by atoms with E-state index >= 15 is 0 Å². The molecule has 1 unspecified atom stereocenters. The summed E-state index contributed by atoms with van der Waals surface area (Å²) in [6.07, 6.45) is 1.54. The van der Waals surface area contributed by atoms with Gasteiger partial charge in [0.1, 0.15) is 28.8 Å². The number of esters is 2. The molecule has 6 heteroatoms. The predicted molar refractivity (Wildman–Crippen MR) is 181 cm³/mol. The quantitative estimate of drug-likeness (QED) is 0.148. The maximum absolute atomic E-state index is 13.4. The van der Waals surface area contributed by atoms with Gasteiger partial charge in [-0.05, 0) is 74.8 Å². The fraction of sp³-hybridized carbons (Fsp3) is 0.450. The van der Waals surface area contributed by atoms with Crippen LogP contribution in [0, 0.1) is 28.6 Å². The van der Waals surface area contributed by atoms with Crippen molar-refractivity contribution in [1.82, 2.24) is 0 Å². The van der Waals surface area contributed by atoms with Crippen LogP contribution in [0.3, 0.4) is 0 Å². The summed E-state index contributed by atoms with van der Waals surface area (Å²) >= 11 is 0. The van der Waals surface area contributed by atoms with Gasteiger partial charge in [-0.15, -0.1) is 0 Å². The third-order valence-corrected chi connectivity index (χ3v) is 8.61. The van der Waals surface area contributed by atoms with E-state index in [1.807, 2.05) is 63.2 Å². The third-order valence-electron chi connectivity index (χ3n) is 8.61. The van der Waals surface area contributed by atoms with Crippen LogP contribution < -0.4 is 14.2 Å². The molecule has 0 amide bonds. The smallest absolute Gasteiger partial charge is 0.340 e. The summed E-state index contributed by atoms with van der Waals surface area (Å²) in [7, 11) is 0. The highest BCUT2D eigenvalue weighted by Gasteiger charge is 2.54. The number of hydrogen-bond donors (Lipinski definition) is 0. The van der Waals surface area contributed by atoms with Crippen LogP contribution in [0.4, 0.5) is 0 Å². The molecule has 2 aliphatic heterocycles. The van der Waals surface area contributed by atoms with E-state index in [0.717, 1.165) is 17.5 Å². The van der Waals surface area contributed by atoms with Crippen LogP contribution in [0.25, 0.3) is 0 Å². The van der Waals surface area contributed by atoms with Crippen LogP contribution in [-0.4, -0.2) is 11.9 Å². The Morgan fingerprint density at radius 1 is 0.717 bits per heavy atom. The normalized spacial score (nSPS) is 17.4. The summed E-state index contributed by atoms with van der Waals surface area (Å²) in [5.41, 5.74) is 1.34. The first-order valence-electron chi connectivity index (χ1n) is 16.0. The number of carbonyl (C=O) groups excluding carboxylic acids is 2. The van der Waals surface area contributed by atoms with E-state index in [1.165, 1.54) is 0 Å². The van der Waals surface area contributed by atoms with Gasteiger partial charge in [-0.3, -0.25) is 4.79 Å². The molecule has 0 N–H and O–H groups in total. The van der Waals surface area contributed by atoms with Crippen molar-refractivity contribution in [2.24, 2.45) is 21.7 Å². The fourth-order valence-corrected chi connectivity index (χ4v) is 7.28. The second kappa shape index (κ2) is 11.0. The molecule has 2 heterocycles. The molecule has 3 aromatic carbocycles. The molecule has 0 fully saturated rings. The number of ether oxygens (including phenoxy) is 4. The first kappa shape index (κ1) is 33.3. The van der Waals surface area contributed by atoms with E-state index in [2.05, 4.69) is 62.0 Å². The predicted octanol–water partition coefficient (Wildman–Crippen LogP) is 10.3. The van der Waals surface area contributed by atoms with Crippen molar-refractivity contribution in [3.63, 3.8) is 0 Å². The minimum Gasteiger partial charge on any atom is -0.462 e. The average molecular weight is 625 g/mol. The monoisotopic (exact) mass is 624 g/mol. The van der Waals surface area contributed by atoms with Gasteiger partial charge in [-0.2, -0.15) is 0 Å². The molecule has 1 atom stereocenters. The molecule has 1 spiro atoms. The Hall–Kier alpha value is -4.06. The van der Waals surface area contributed by atoms with Gasteiger partial charge in [0.05, 0.1) is 11.0 Å². The third kappa shape index (κ3) is 6.31. The number of carbonyl (C=O) groups is 2. The Labute approximate surface area is 274 Å². The molecule has 5 rings (SSSR count). The van der Waals surface area contributed by atoms with Crippen molar-refractivity contribution in [3.8, 4) is 23.0 Å². The van der Waals surface area contributed by atoms with E-state index in [0.29, 0.717) is 51.9 Å². The van der Waals surface area contributed by atoms with Gasteiger partial charge in [-0.25, -0.2) is 4.79 Å². The fourth-order valence-electron chi connectivity index (χ4n) is 7.28. The van der Waals surface area contributed by atoms with Gasteiger partial charge in [0, 0.05) is 34.2 Å². The maximum Gasteiger partial charge on any atom is 0.340 e. The van der Waals surface area contributed by atoms with Crippen molar-refractivity contribution in [1.29, 1.82) is 0 Å². The van der Waals surface area contributed by atoms with E-state index in [1.54, 1.807) is 12.1 Å². The topological polar surface area (TPSA) is 71.1 Å². The van der Waals surface area contributed by atoms with Gasteiger partial charge in [0.15, 0.2) is 5.60 Å². The summed E-state index contributed by atoms with van der Waals surface area (Å²) in [6.45, 7) is 27.2. The van der Waals surface area contributed by atoms with Crippen molar-refractivity contribution in [2.75, 3.05) is 0 Å². The highest BCUT2D eigenvalue weighted by Crippen LogP contribution is 2.57. The lowest BCUT2D eigenvalue weighted by molar-refractivity contribution is -0.145. The summed E-state index contributed by atoms with van der Waals surface area (Å²) < 4.78 is 25.1. The zero-order chi connectivity index (χ0) is 34.0. The summed E-state index contributed by atoms with van der Waals surface area (Å²) in [6, 6.07) is 16.6. The van der Waals surface area contributed by atoms with E-state index in [-0.39, 0.29) is 22.2 Å². The maximum atomic E-state index is 13.4. The van der Waals surface area contributed by atoms with Crippen molar-refractivity contribution in [3.05, 3.63) is 94.8 Å². The Morgan fingerprint density at radius 2 is 1.22 bits per heavy atom. The number of allylic oxidation sites excluding steroid dienone is 1. The zero-order valence-electron chi connectivity index (χ0n) is 29.3. The molecule has 2 aliphatic rings. The van der Waals surface area contributed by atoms with Crippen molar-refractivity contribution >= 4 is 11.9 Å². The summed E-state index contributed by atoms with van der Waals surface area (Å²) in [4.78, 5) is 26.7. The molecule has 0 radical (unpaired) electrons. The first-order chi connectivity index (χ1) is 21.1. The number of benzene rings is 3. The van der Waals surface area contributed by atoms with E-state index in [4.69, 9.17) is 18.9 Å². The largest absolute Gasteiger partial charge is 0.462 e. The number of aryl methyl sites for hydroxylation is 1. The van der Waals surface area contributed by atoms with Crippen LogP contribution in [0.2, 0.25) is 0 Å². The molecular formula is C40H48O6. The molecule has 0 aliphatic carbocycles. The Balaban J connectivity index is 1.58. The first-order valence-corrected chi connectivity index (χ1v) is 16.0. The molecule has 0 saturated carbocycles. The standard InChI is InChI=1S/C40H48O6/c1-24-13-16-29-28(19-24)34(41)46-40(29)30-17-14-26(43-25(2)38(9,10)22-36(3,4)5)20-32(30)45-33-21-27(15-18-31(33)40)44-35(42)39(11,12)23-37(6,7)8/h13-21H,2,22-23H2,1,3-12H3. The second-order valence-corrected chi connectivity index (χ2v) is 16.7. The molecule has 0 aromatic heterocycles. The van der Waals surface area contributed by atoms with Crippen LogP contribution in [0.15, 0.2) is 66.9 Å².